The summed E-state index contributed by atoms with van der Waals surface area (Å²) in [5, 5.41) is 6.08. The SMILES string of the molecule is CCC(=O)NCc1cc(S(=O)(=O)NCCC2CCCNC2)ccc1OC.Cl. The molecule has 9 heteroatoms. The molecule has 0 aromatic heterocycles. The predicted octanol–water partition coefficient (Wildman–Crippen LogP) is 1.81. The van der Waals surface area contributed by atoms with E-state index in [4.69, 9.17) is 4.74 Å². The molecule has 0 saturated carbocycles. The van der Waals surface area contributed by atoms with Crippen LogP contribution in [0.2, 0.25) is 0 Å². The van der Waals surface area contributed by atoms with E-state index in [-0.39, 0.29) is 29.8 Å². The van der Waals surface area contributed by atoms with Crippen molar-refractivity contribution < 1.29 is 17.9 Å². The summed E-state index contributed by atoms with van der Waals surface area (Å²) >= 11 is 0. The zero-order valence-corrected chi connectivity index (χ0v) is 17.5. The Hall–Kier alpha value is -1.35. The van der Waals surface area contributed by atoms with Gasteiger partial charge in [0.1, 0.15) is 5.75 Å². The van der Waals surface area contributed by atoms with E-state index >= 15 is 0 Å². The smallest absolute Gasteiger partial charge is 0.240 e. The molecule has 1 unspecified atom stereocenters. The van der Waals surface area contributed by atoms with E-state index in [1.54, 1.807) is 19.1 Å². The van der Waals surface area contributed by atoms with Gasteiger partial charge in [-0.2, -0.15) is 0 Å². The van der Waals surface area contributed by atoms with Gasteiger partial charge in [-0.1, -0.05) is 6.92 Å². The standard InChI is InChI=1S/C18H29N3O4S.ClH/c1-3-18(22)20-13-15-11-16(6-7-17(15)25-2)26(23,24)21-10-8-14-5-4-9-19-12-14;/h6-7,11,14,19,21H,3-5,8-10,12-13H2,1-2H3,(H,20,22);1H. The number of nitrogens with one attached hydrogen (secondary N) is 3. The zero-order chi connectivity index (χ0) is 19.0. The van der Waals surface area contributed by atoms with Crippen molar-refractivity contribution in [2.24, 2.45) is 5.92 Å². The van der Waals surface area contributed by atoms with Crippen molar-refractivity contribution in [3.8, 4) is 5.75 Å². The lowest BCUT2D eigenvalue weighted by atomic mass is 9.96. The average molecular weight is 420 g/mol. The Bertz CT molecular complexity index is 707. The molecule has 1 aromatic carbocycles. The maximum absolute atomic E-state index is 12.6. The third kappa shape index (κ3) is 7.29. The minimum atomic E-state index is -3.59. The van der Waals surface area contributed by atoms with Gasteiger partial charge in [0.05, 0.1) is 12.0 Å². The van der Waals surface area contributed by atoms with Crippen LogP contribution in [0, 0.1) is 5.92 Å². The Morgan fingerprint density at radius 2 is 2.15 bits per heavy atom. The number of ether oxygens (including phenoxy) is 1. The van der Waals surface area contributed by atoms with Gasteiger partial charge in [-0.05, 0) is 56.5 Å². The van der Waals surface area contributed by atoms with E-state index < -0.39 is 10.0 Å². The highest BCUT2D eigenvalue weighted by molar-refractivity contribution is 7.89. The minimum absolute atomic E-state index is 0. The first-order valence-corrected chi connectivity index (χ1v) is 10.6. The molecular formula is C18H30ClN3O4S. The Balaban J connectivity index is 0.00000364. The van der Waals surface area contributed by atoms with E-state index in [2.05, 4.69) is 15.4 Å². The monoisotopic (exact) mass is 419 g/mol. The van der Waals surface area contributed by atoms with Gasteiger partial charge in [-0.15, -0.1) is 12.4 Å². The van der Waals surface area contributed by atoms with Gasteiger partial charge in [0.2, 0.25) is 15.9 Å². The number of piperidine rings is 1. The number of benzene rings is 1. The van der Waals surface area contributed by atoms with Gasteiger partial charge in [-0.3, -0.25) is 4.79 Å². The van der Waals surface area contributed by atoms with E-state index in [0.717, 1.165) is 32.4 Å². The molecular weight excluding hydrogens is 390 g/mol. The highest BCUT2D eigenvalue weighted by Gasteiger charge is 2.18. The third-order valence-electron chi connectivity index (χ3n) is 4.60. The third-order valence-corrected chi connectivity index (χ3v) is 6.06. The van der Waals surface area contributed by atoms with Crippen LogP contribution in [-0.4, -0.2) is 41.1 Å². The quantitative estimate of drug-likeness (QED) is 0.567. The van der Waals surface area contributed by atoms with Gasteiger partial charge >= 0.3 is 0 Å². The van der Waals surface area contributed by atoms with Crippen molar-refractivity contribution in [2.45, 2.75) is 44.0 Å². The van der Waals surface area contributed by atoms with Crippen molar-refractivity contribution >= 4 is 28.3 Å². The lowest BCUT2D eigenvalue weighted by Crippen LogP contribution is -2.33. The lowest BCUT2D eigenvalue weighted by Gasteiger charge is -2.22. The van der Waals surface area contributed by atoms with Crippen LogP contribution < -0.4 is 20.1 Å². The van der Waals surface area contributed by atoms with Crippen LogP contribution >= 0.6 is 12.4 Å². The Morgan fingerprint density at radius 1 is 1.37 bits per heavy atom. The molecule has 1 saturated heterocycles. The second kappa shape index (κ2) is 11.5. The second-order valence-electron chi connectivity index (χ2n) is 6.50. The van der Waals surface area contributed by atoms with Crippen LogP contribution in [0.3, 0.4) is 0 Å². The minimum Gasteiger partial charge on any atom is -0.496 e. The number of amides is 1. The topological polar surface area (TPSA) is 96.5 Å². The highest BCUT2D eigenvalue weighted by atomic mass is 35.5. The number of hydrogen-bond acceptors (Lipinski definition) is 5. The fourth-order valence-electron chi connectivity index (χ4n) is 3.03. The van der Waals surface area contributed by atoms with E-state index in [1.165, 1.54) is 13.2 Å². The molecule has 0 aliphatic carbocycles. The summed E-state index contributed by atoms with van der Waals surface area (Å²) in [5.41, 5.74) is 0.633. The fourth-order valence-corrected chi connectivity index (χ4v) is 4.13. The maximum Gasteiger partial charge on any atom is 0.240 e. The molecule has 1 fully saturated rings. The predicted molar refractivity (Wildman–Crippen MR) is 108 cm³/mol. The van der Waals surface area contributed by atoms with Crippen molar-refractivity contribution in [1.82, 2.24) is 15.4 Å². The largest absolute Gasteiger partial charge is 0.496 e. The molecule has 0 bridgehead atoms. The summed E-state index contributed by atoms with van der Waals surface area (Å²) in [6.45, 7) is 4.41. The molecule has 1 aliphatic heterocycles. The van der Waals surface area contributed by atoms with Gasteiger partial charge in [-0.25, -0.2) is 13.1 Å². The molecule has 154 valence electrons. The van der Waals surface area contributed by atoms with Gasteiger partial charge < -0.3 is 15.4 Å². The highest BCUT2D eigenvalue weighted by Crippen LogP contribution is 2.22. The maximum atomic E-state index is 12.6. The molecule has 1 atom stereocenters. The van der Waals surface area contributed by atoms with Crippen molar-refractivity contribution in [1.29, 1.82) is 0 Å². The van der Waals surface area contributed by atoms with Crippen LogP contribution in [0.5, 0.6) is 5.75 Å². The summed E-state index contributed by atoms with van der Waals surface area (Å²) in [6, 6.07) is 4.70. The Labute approximate surface area is 168 Å². The van der Waals surface area contributed by atoms with E-state index in [1.807, 2.05) is 0 Å². The number of carbonyl (C=O) groups excluding carboxylic acids is 1. The van der Waals surface area contributed by atoms with Crippen LogP contribution in [-0.2, 0) is 21.4 Å². The molecule has 3 N–H and O–H groups in total. The molecule has 0 radical (unpaired) electrons. The molecule has 1 heterocycles. The van der Waals surface area contributed by atoms with Crippen molar-refractivity contribution in [3.05, 3.63) is 23.8 Å². The van der Waals surface area contributed by atoms with Crippen LogP contribution in [0.15, 0.2) is 23.1 Å². The first-order valence-electron chi connectivity index (χ1n) is 9.10. The molecule has 27 heavy (non-hydrogen) atoms. The Morgan fingerprint density at radius 3 is 2.78 bits per heavy atom. The van der Waals surface area contributed by atoms with Gasteiger partial charge in [0.15, 0.2) is 0 Å². The number of carbonyl (C=O) groups is 1. The summed E-state index contributed by atoms with van der Waals surface area (Å²) in [6.07, 6.45) is 3.47. The molecule has 2 rings (SSSR count). The average Bonchev–Trinajstić information content (AvgIpc) is 2.66. The number of hydrogen-bond donors (Lipinski definition) is 3. The number of rotatable bonds is 9. The summed E-state index contributed by atoms with van der Waals surface area (Å²) in [4.78, 5) is 11.7. The molecule has 1 aliphatic rings. The zero-order valence-electron chi connectivity index (χ0n) is 15.9. The van der Waals surface area contributed by atoms with Crippen LogP contribution in [0.4, 0.5) is 0 Å². The second-order valence-corrected chi connectivity index (χ2v) is 8.27. The van der Waals surface area contributed by atoms with Gasteiger partial charge in [0, 0.05) is 25.1 Å². The number of halogens is 1. The number of methoxy groups -OCH3 is 1. The molecule has 7 nitrogen and oxygen atoms in total. The first kappa shape index (κ1) is 23.7. The molecule has 1 aromatic rings. The molecule has 1 amide bonds. The summed E-state index contributed by atoms with van der Waals surface area (Å²) in [7, 11) is -2.07. The van der Waals surface area contributed by atoms with Crippen molar-refractivity contribution in [2.75, 3.05) is 26.7 Å². The fraction of sp³-hybridized carbons (Fsp3) is 0.611. The number of sulfonamides is 1. The Kier molecular flexibility index (Phi) is 10.1. The summed E-state index contributed by atoms with van der Waals surface area (Å²) < 4.78 is 33.1. The normalized spacial score (nSPS) is 17.0. The van der Waals surface area contributed by atoms with Gasteiger partial charge in [0.25, 0.3) is 0 Å². The lowest BCUT2D eigenvalue weighted by molar-refractivity contribution is -0.120. The van der Waals surface area contributed by atoms with Crippen LogP contribution in [0.1, 0.15) is 38.2 Å². The molecule has 0 spiro atoms. The first-order chi connectivity index (χ1) is 12.5. The summed E-state index contributed by atoms with van der Waals surface area (Å²) in [5.74, 6) is 0.968. The van der Waals surface area contributed by atoms with E-state index in [9.17, 15) is 13.2 Å². The van der Waals surface area contributed by atoms with Crippen molar-refractivity contribution in [3.63, 3.8) is 0 Å². The van der Waals surface area contributed by atoms with Crippen LogP contribution in [0.25, 0.3) is 0 Å². The van der Waals surface area contributed by atoms with E-state index in [0.29, 0.717) is 30.2 Å².